The van der Waals surface area contributed by atoms with E-state index in [0.29, 0.717) is 16.7 Å². The van der Waals surface area contributed by atoms with Crippen LogP contribution in [0.15, 0.2) is 102 Å². The van der Waals surface area contributed by atoms with E-state index in [1.165, 1.54) is 0 Å². The monoisotopic (exact) mass is 865 g/mol. The molecule has 14 heteroatoms. The van der Waals surface area contributed by atoms with Crippen LogP contribution in [0.1, 0.15) is 99.5 Å². The largest absolute Gasteiger partial charge is 0.481 e. The number of carboxylic acid groups (broad SMARTS) is 1. The predicted octanol–water partition coefficient (Wildman–Crippen LogP) is 5.56. The van der Waals surface area contributed by atoms with Crippen molar-refractivity contribution in [2.45, 2.75) is 109 Å². The normalized spacial score (nSPS) is 31.6. The van der Waals surface area contributed by atoms with Gasteiger partial charge in [-0.05, 0) is 54.8 Å². The zero-order valence-electron chi connectivity index (χ0n) is 36.2. The molecule has 0 aromatic heterocycles. The molecule has 63 heavy (non-hydrogen) atoms. The van der Waals surface area contributed by atoms with E-state index in [0.717, 1.165) is 0 Å². The number of ketones is 1. The van der Waals surface area contributed by atoms with Gasteiger partial charge < -0.3 is 39.6 Å². The molecule has 0 radical (unpaired) electrons. The Kier molecular flexibility index (Phi) is 12.3. The van der Waals surface area contributed by atoms with Gasteiger partial charge in [0.15, 0.2) is 0 Å². The van der Waals surface area contributed by atoms with E-state index >= 15 is 4.79 Å². The Bertz CT molecular complexity index is 2300. The van der Waals surface area contributed by atoms with Crippen LogP contribution in [0.4, 0.5) is 0 Å². The third-order valence-electron chi connectivity index (χ3n) is 14.4. The summed E-state index contributed by atoms with van der Waals surface area (Å²) < 4.78 is 24.6. The number of aliphatic carboxylic acids is 1. The van der Waals surface area contributed by atoms with E-state index in [2.05, 4.69) is 5.32 Å². The molecule has 11 atom stereocenters. The van der Waals surface area contributed by atoms with Crippen LogP contribution in [0.5, 0.6) is 0 Å². The molecule has 0 unspecified atom stereocenters. The molecule has 14 nitrogen and oxygen atoms in total. The Morgan fingerprint density at radius 2 is 1.44 bits per heavy atom. The van der Waals surface area contributed by atoms with Gasteiger partial charge in [0.1, 0.15) is 29.6 Å². The molecular formula is C49H55NO13. The number of nitrogens with one attached hydrogen (secondary N) is 1. The van der Waals surface area contributed by atoms with Gasteiger partial charge in [0.05, 0.1) is 42.6 Å². The molecule has 3 aliphatic carbocycles. The Morgan fingerprint density at radius 1 is 0.857 bits per heavy atom. The molecule has 4 aliphatic rings. The number of carboxylic acids is 1. The highest BCUT2D eigenvalue weighted by Crippen LogP contribution is 2.66. The van der Waals surface area contributed by atoms with Gasteiger partial charge in [0.25, 0.3) is 5.91 Å². The van der Waals surface area contributed by atoms with Crippen molar-refractivity contribution in [3.63, 3.8) is 0 Å². The summed E-state index contributed by atoms with van der Waals surface area (Å²) >= 11 is 0. The van der Waals surface area contributed by atoms with Gasteiger partial charge >= 0.3 is 23.9 Å². The number of hydrogen-bond acceptors (Lipinski definition) is 12. The number of aliphatic hydroxyl groups is 2. The summed E-state index contributed by atoms with van der Waals surface area (Å²) in [7, 11) is 0. The standard InChI is InChI=1S/C49H55NO13/c1-27-32(61-45(58)39(62-36(54)23-22-35(52)53)38(29-16-10-7-11-17-29)50-43(56)30-18-12-8-13-19-30)25-49(59)42(63-44(57)31-20-14-9-15-21-31)40-47(5)26-60-34(47)24-33(51)48(40,6)41(55)28(2)37(27)46(49,3)4/h7-21,28,32-34,38-40,42,51,59H,22-26H2,1-6H3,(H,50,56)(H,52,53)/t28-,32+,33+,34-,38-,39-,40-,42+,47-,48-,49-/m1/s1. The van der Waals surface area contributed by atoms with Crippen LogP contribution in [0, 0.1) is 28.1 Å². The average molecular weight is 866 g/mol. The Morgan fingerprint density at radius 3 is 2.02 bits per heavy atom. The molecule has 1 amide bonds. The summed E-state index contributed by atoms with van der Waals surface area (Å²) in [5.74, 6) is -7.14. The van der Waals surface area contributed by atoms with E-state index in [9.17, 15) is 39.3 Å². The van der Waals surface area contributed by atoms with Crippen LogP contribution in [-0.4, -0.2) is 93.6 Å². The first kappa shape index (κ1) is 45.3. The maximum atomic E-state index is 15.3. The van der Waals surface area contributed by atoms with Crippen molar-refractivity contribution in [3.8, 4) is 0 Å². The molecule has 1 heterocycles. The van der Waals surface area contributed by atoms with Gasteiger partial charge in [-0.15, -0.1) is 0 Å². The van der Waals surface area contributed by atoms with Crippen LogP contribution < -0.4 is 5.32 Å². The number of fused-ring (bicyclic) bond motifs is 5. The molecule has 3 fully saturated rings. The lowest BCUT2D eigenvalue weighted by atomic mass is 9.41. The van der Waals surface area contributed by atoms with Gasteiger partial charge in [-0.3, -0.25) is 19.2 Å². The van der Waals surface area contributed by atoms with Crippen molar-refractivity contribution in [3.05, 3.63) is 119 Å². The Balaban J connectivity index is 1.35. The summed E-state index contributed by atoms with van der Waals surface area (Å²) in [6, 6.07) is 23.3. The zero-order chi connectivity index (χ0) is 45.6. The molecule has 3 aromatic rings. The van der Waals surface area contributed by atoms with Crippen LogP contribution in [-0.2, 0) is 38.1 Å². The summed E-state index contributed by atoms with van der Waals surface area (Å²) in [5, 5.41) is 37.8. The first-order valence-electron chi connectivity index (χ1n) is 21.3. The first-order valence-corrected chi connectivity index (χ1v) is 21.3. The molecule has 334 valence electrons. The lowest BCUT2D eigenvalue weighted by Gasteiger charge is -2.68. The van der Waals surface area contributed by atoms with Gasteiger partial charge in [-0.1, -0.05) is 94.4 Å². The fraction of sp³-hybridized carbons (Fsp3) is 0.469. The topological polar surface area (TPSA) is 212 Å². The minimum absolute atomic E-state index is 0.150. The van der Waals surface area contributed by atoms with Crippen molar-refractivity contribution >= 4 is 35.6 Å². The van der Waals surface area contributed by atoms with E-state index in [1.807, 2.05) is 6.92 Å². The number of benzene rings is 3. The second kappa shape index (κ2) is 17.1. The maximum absolute atomic E-state index is 15.3. The zero-order valence-corrected chi connectivity index (χ0v) is 36.2. The third-order valence-corrected chi connectivity index (χ3v) is 14.4. The van der Waals surface area contributed by atoms with Crippen LogP contribution in [0.25, 0.3) is 0 Å². The Hall–Kier alpha value is -5.70. The SMILES string of the molecule is CC1=C2[C@@H](C)C(=O)[C@@]3(C)[C@H]([C@H](OC(=O)c4ccccc4)[C@](O)(C[C@@H]1OC(=O)[C@H](OC(=O)CCC(=O)O)[C@H](NC(=O)c1ccccc1)c1ccccc1)C2(C)C)[C@]1(C)CO[C@@H]1C[C@@H]3O. The smallest absolute Gasteiger partial charge is 0.350 e. The summed E-state index contributed by atoms with van der Waals surface area (Å²) in [5.41, 5.74) is -4.20. The number of rotatable bonds is 12. The van der Waals surface area contributed by atoms with Crippen molar-refractivity contribution in [2.24, 2.45) is 28.1 Å². The van der Waals surface area contributed by atoms with Crippen LogP contribution >= 0.6 is 0 Å². The molecule has 7 rings (SSSR count). The highest BCUT2D eigenvalue weighted by atomic mass is 16.6. The van der Waals surface area contributed by atoms with Crippen molar-refractivity contribution in [1.82, 2.24) is 5.32 Å². The van der Waals surface area contributed by atoms with E-state index < -0.39 is 113 Å². The van der Waals surface area contributed by atoms with E-state index in [1.54, 1.807) is 126 Å². The summed E-state index contributed by atoms with van der Waals surface area (Å²) in [6.07, 6.45) is -7.86. The second-order valence-corrected chi connectivity index (χ2v) is 18.4. The number of amides is 1. The van der Waals surface area contributed by atoms with Crippen LogP contribution in [0.3, 0.4) is 0 Å². The minimum atomic E-state index is -2.09. The number of hydrogen-bond donors (Lipinski definition) is 4. The molecule has 2 bridgehead atoms. The fourth-order valence-electron chi connectivity index (χ4n) is 11.0. The third kappa shape index (κ3) is 7.86. The second-order valence-electron chi connectivity index (χ2n) is 18.4. The molecule has 1 aliphatic heterocycles. The number of esters is 3. The maximum Gasteiger partial charge on any atom is 0.350 e. The minimum Gasteiger partial charge on any atom is -0.481 e. The highest BCUT2D eigenvalue weighted by Gasteiger charge is 2.74. The van der Waals surface area contributed by atoms with E-state index in [-0.39, 0.29) is 36.4 Å². The number of aliphatic hydroxyl groups excluding tert-OH is 1. The number of ether oxygens (including phenoxy) is 4. The van der Waals surface area contributed by atoms with Crippen molar-refractivity contribution in [2.75, 3.05) is 6.61 Å². The number of carbonyl (C=O) groups excluding carboxylic acids is 5. The summed E-state index contributed by atoms with van der Waals surface area (Å²) in [6.45, 7) is 10.6. The molecule has 4 N–H and O–H groups in total. The quantitative estimate of drug-likeness (QED) is 0.0999. The fourth-order valence-corrected chi connectivity index (χ4v) is 11.0. The van der Waals surface area contributed by atoms with Crippen molar-refractivity contribution < 1.29 is 63.0 Å². The van der Waals surface area contributed by atoms with Gasteiger partial charge in [0, 0.05) is 41.1 Å². The molecule has 3 aromatic carbocycles. The van der Waals surface area contributed by atoms with Gasteiger partial charge in [-0.2, -0.15) is 0 Å². The molecule has 2 saturated carbocycles. The first-order chi connectivity index (χ1) is 29.7. The van der Waals surface area contributed by atoms with Crippen LogP contribution in [0.2, 0.25) is 0 Å². The average Bonchev–Trinajstić information content (AvgIpc) is 3.26. The van der Waals surface area contributed by atoms with E-state index in [4.69, 9.17) is 18.9 Å². The number of Topliss-reactive ketones (excluding diaryl/α,β-unsaturated/α-hetero) is 1. The molecular weight excluding hydrogens is 811 g/mol. The highest BCUT2D eigenvalue weighted by molar-refractivity contribution is 5.95. The van der Waals surface area contributed by atoms with Gasteiger partial charge in [0.2, 0.25) is 6.10 Å². The molecule has 0 spiro atoms. The Labute approximate surface area is 366 Å². The molecule has 1 saturated heterocycles. The summed E-state index contributed by atoms with van der Waals surface area (Å²) in [4.78, 5) is 82.9. The lowest BCUT2D eigenvalue weighted by Crippen LogP contribution is -2.77. The lowest BCUT2D eigenvalue weighted by molar-refractivity contribution is -0.312. The number of carbonyl (C=O) groups is 6. The van der Waals surface area contributed by atoms with Crippen molar-refractivity contribution in [1.29, 1.82) is 0 Å². The van der Waals surface area contributed by atoms with Gasteiger partial charge in [-0.25, -0.2) is 9.59 Å². The predicted molar refractivity (Wildman–Crippen MR) is 226 cm³/mol.